The van der Waals surface area contributed by atoms with E-state index in [2.05, 4.69) is 15.9 Å². The zero-order valence-corrected chi connectivity index (χ0v) is 10.8. The van der Waals surface area contributed by atoms with Crippen LogP contribution < -0.4 is 5.73 Å². The summed E-state index contributed by atoms with van der Waals surface area (Å²) in [5.74, 6) is 0.192. The van der Waals surface area contributed by atoms with Crippen LogP contribution in [0.1, 0.15) is 43.6 Å². The van der Waals surface area contributed by atoms with E-state index in [1.807, 2.05) is 6.07 Å². The molecule has 2 rings (SSSR count). The zero-order valence-electron chi connectivity index (χ0n) is 9.26. The van der Waals surface area contributed by atoms with Gasteiger partial charge in [-0.25, -0.2) is 4.39 Å². The molecule has 88 valence electrons. The molecule has 0 amide bonds. The number of benzene rings is 1. The maximum absolute atomic E-state index is 13.8. The summed E-state index contributed by atoms with van der Waals surface area (Å²) in [7, 11) is 0. The molecule has 1 fully saturated rings. The van der Waals surface area contributed by atoms with E-state index in [0.29, 0.717) is 0 Å². The third-order valence-electron chi connectivity index (χ3n) is 3.36. The molecule has 3 heteroatoms. The summed E-state index contributed by atoms with van der Waals surface area (Å²) in [5, 5.41) is 0. The number of rotatable bonds is 1. The summed E-state index contributed by atoms with van der Waals surface area (Å²) in [6, 6.07) is 5.41. The lowest BCUT2D eigenvalue weighted by molar-refractivity contribution is 0.507. The topological polar surface area (TPSA) is 26.0 Å². The van der Waals surface area contributed by atoms with Crippen molar-refractivity contribution in [3.8, 4) is 0 Å². The molecule has 2 unspecified atom stereocenters. The van der Waals surface area contributed by atoms with Crippen LogP contribution in [-0.2, 0) is 0 Å². The molecule has 1 nitrogen and oxygen atoms in total. The van der Waals surface area contributed by atoms with Gasteiger partial charge in [0.1, 0.15) is 5.82 Å². The number of halogens is 2. The Morgan fingerprint density at radius 3 is 2.81 bits per heavy atom. The molecule has 0 heterocycles. The highest BCUT2D eigenvalue weighted by Crippen LogP contribution is 2.33. The first-order valence-electron chi connectivity index (χ1n) is 5.87. The summed E-state index contributed by atoms with van der Waals surface area (Å²) in [6.07, 6.45) is 5.37. The highest BCUT2D eigenvalue weighted by Gasteiger charge is 2.21. The Bertz CT molecular complexity index is 367. The maximum Gasteiger partial charge on any atom is 0.126 e. The molecule has 1 aromatic rings. The monoisotopic (exact) mass is 285 g/mol. The van der Waals surface area contributed by atoms with Gasteiger partial charge in [-0.2, -0.15) is 0 Å². The number of hydrogen-bond donors (Lipinski definition) is 1. The first kappa shape index (κ1) is 12.1. The Hall–Kier alpha value is -0.410. The quantitative estimate of drug-likeness (QED) is 0.777. The molecule has 16 heavy (non-hydrogen) atoms. The number of nitrogens with two attached hydrogens (primary N) is 1. The van der Waals surface area contributed by atoms with Crippen LogP contribution in [0.2, 0.25) is 0 Å². The van der Waals surface area contributed by atoms with Gasteiger partial charge >= 0.3 is 0 Å². The molecule has 1 aliphatic rings. The molecule has 0 bridgehead atoms. The van der Waals surface area contributed by atoms with Crippen LogP contribution >= 0.6 is 15.9 Å². The van der Waals surface area contributed by atoms with Crippen LogP contribution in [0.25, 0.3) is 0 Å². The van der Waals surface area contributed by atoms with Crippen molar-refractivity contribution < 1.29 is 4.39 Å². The fourth-order valence-electron chi connectivity index (χ4n) is 2.51. The molecular formula is C13H17BrFN. The van der Waals surface area contributed by atoms with Gasteiger partial charge in [0.05, 0.1) is 0 Å². The lowest BCUT2D eigenvalue weighted by atomic mass is 9.90. The van der Waals surface area contributed by atoms with Gasteiger partial charge in [0.15, 0.2) is 0 Å². The molecular weight excluding hydrogens is 269 g/mol. The van der Waals surface area contributed by atoms with Gasteiger partial charge in [0.25, 0.3) is 0 Å². The fourth-order valence-corrected chi connectivity index (χ4v) is 2.89. The highest BCUT2D eigenvalue weighted by atomic mass is 79.9. The summed E-state index contributed by atoms with van der Waals surface area (Å²) in [4.78, 5) is 0. The van der Waals surface area contributed by atoms with Crippen LogP contribution in [0, 0.1) is 5.82 Å². The van der Waals surface area contributed by atoms with E-state index in [-0.39, 0.29) is 17.8 Å². The van der Waals surface area contributed by atoms with Crippen LogP contribution in [0.3, 0.4) is 0 Å². The van der Waals surface area contributed by atoms with E-state index in [4.69, 9.17) is 5.73 Å². The standard InChI is InChI=1S/C13H17BrFN/c14-10-5-6-13(15)12(8-10)9-3-1-2-4-11(16)7-9/h5-6,8-9,11H,1-4,7,16H2. The van der Waals surface area contributed by atoms with E-state index >= 15 is 0 Å². The predicted molar refractivity (Wildman–Crippen MR) is 67.9 cm³/mol. The van der Waals surface area contributed by atoms with Crippen LogP contribution in [0.5, 0.6) is 0 Å². The highest BCUT2D eigenvalue weighted by molar-refractivity contribution is 9.10. The van der Waals surface area contributed by atoms with Gasteiger partial charge in [-0.1, -0.05) is 28.8 Å². The summed E-state index contributed by atoms with van der Waals surface area (Å²) in [6.45, 7) is 0. The third-order valence-corrected chi connectivity index (χ3v) is 3.86. The summed E-state index contributed by atoms with van der Waals surface area (Å²) >= 11 is 3.40. The average molecular weight is 286 g/mol. The molecule has 0 radical (unpaired) electrons. The molecule has 0 aromatic heterocycles. The molecule has 1 aliphatic carbocycles. The van der Waals surface area contributed by atoms with Gasteiger partial charge in [0, 0.05) is 10.5 Å². The minimum absolute atomic E-state index is 0.0951. The van der Waals surface area contributed by atoms with Gasteiger partial charge in [0.2, 0.25) is 0 Å². The molecule has 1 aromatic carbocycles. The van der Waals surface area contributed by atoms with E-state index in [0.717, 1.165) is 35.7 Å². The third kappa shape index (κ3) is 2.83. The maximum atomic E-state index is 13.8. The summed E-state index contributed by atoms with van der Waals surface area (Å²) < 4.78 is 14.7. The SMILES string of the molecule is NC1CCCCC(c2cc(Br)ccc2F)C1. The zero-order chi connectivity index (χ0) is 11.5. The Morgan fingerprint density at radius 2 is 2.00 bits per heavy atom. The van der Waals surface area contributed by atoms with Gasteiger partial charge in [-0.15, -0.1) is 0 Å². The molecule has 1 saturated carbocycles. The second-order valence-corrected chi connectivity index (χ2v) is 5.56. The average Bonchev–Trinajstić information content (AvgIpc) is 2.46. The van der Waals surface area contributed by atoms with Crippen molar-refractivity contribution >= 4 is 15.9 Å². The van der Waals surface area contributed by atoms with E-state index in [9.17, 15) is 4.39 Å². The van der Waals surface area contributed by atoms with Crippen molar-refractivity contribution in [2.24, 2.45) is 5.73 Å². The van der Waals surface area contributed by atoms with Crippen molar-refractivity contribution in [2.75, 3.05) is 0 Å². The van der Waals surface area contributed by atoms with E-state index in [1.165, 1.54) is 12.5 Å². The minimum atomic E-state index is -0.0951. The van der Waals surface area contributed by atoms with Gasteiger partial charge in [-0.3, -0.25) is 0 Å². The summed E-state index contributed by atoms with van der Waals surface area (Å²) in [5.41, 5.74) is 6.84. The van der Waals surface area contributed by atoms with Crippen LogP contribution in [0.15, 0.2) is 22.7 Å². The minimum Gasteiger partial charge on any atom is -0.328 e. The Kier molecular flexibility index (Phi) is 3.98. The Balaban J connectivity index is 2.24. The lowest BCUT2D eigenvalue weighted by Gasteiger charge is -2.18. The number of hydrogen-bond acceptors (Lipinski definition) is 1. The van der Waals surface area contributed by atoms with Crippen molar-refractivity contribution in [3.63, 3.8) is 0 Å². The second kappa shape index (κ2) is 5.28. The van der Waals surface area contributed by atoms with Crippen molar-refractivity contribution in [3.05, 3.63) is 34.1 Å². The van der Waals surface area contributed by atoms with Crippen molar-refractivity contribution in [2.45, 2.75) is 44.1 Å². The predicted octanol–water partition coefficient (Wildman–Crippen LogP) is 3.96. The Morgan fingerprint density at radius 1 is 1.25 bits per heavy atom. The molecule has 0 aliphatic heterocycles. The van der Waals surface area contributed by atoms with Gasteiger partial charge < -0.3 is 5.73 Å². The van der Waals surface area contributed by atoms with Gasteiger partial charge in [-0.05, 0) is 48.9 Å². The molecule has 2 N–H and O–H groups in total. The molecule has 0 saturated heterocycles. The molecule has 0 spiro atoms. The first-order chi connectivity index (χ1) is 7.66. The fraction of sp³-hybridized carbons (Fsp3) is 0.538. The van der Waals surface area contributed by atoms with Crippen LogP contribution in [0.4, 0.5) is 4.39 Å². The Labute approximate surface area is 104 Å². The lowest BCUT2D eigenvalue weighted by Crippen LogP contribution is -2.21. The first-order valence-corrected chi connectivity index (χ1v) is 6.66. The van der Waals surface area contributed by atoms with Crippen LogP contribution in [-0.4, -0.2) is 6.04 Å². The van der Waals surface area contributed by atoms with Crippen molar-refractivity contribution in [1.82, 2.24) is 0 Å². The van der Waals surface area contributed by atoms with E-state index < -0.39 is 0 Å². The molecule has 2 atom stereocenters. The normalized spacial score (nSPS) is 26.4. The second-order valence-electron chi connectivity index (χ2n) is 4.64. The van der Waals surface area contributed by atoms with E-state index in [1.54, 1.807) is 6.07 Å². The largest absolute Gasteiger partial charge is 0.328 e. The van der Waals surface area contributed by atoms with Crippen molar-refractivity contribution in [1.29, 1.82) is 0 Å². The smallest absolute Gasteiger partial charge is 0.126 e.